The van der Waals surface area contributed by atoms with Crippen molar-refractivity contribution in [2.75, 3.05) is 18.5 Å². The van der Waals surface area contributed by atoms with E-state index in [2.05, 4.69) is 20.3 Å². The zero-order chi connectivity index (χ0) is 18.6. The fourth-order valence-corrected chi connectivity index (χ4v) is 3.47. The smallest absolute Gasteiger partial charge is 0.313 e. The van der Waals surface area contributed by atoms with Crippen LogP contribution in [0.3, 0.4) is 0 Å². The standard InChI is InChI=1S/C20H26N4O2/c1-4-26-19(25)20(9-5-6-10-20)13-22-17-14(2)15(3)23-18(24-17)16-8-7-11-21-12-16/h7-8,11-12H,4-6,9-10,13H2,1-3H3,(H,22,23,24). The average Bonchev–Trinajstić information content (AvgIpc) is 3.14. The molecule has 0 bridgehead atoms. The summed E-state index contributed by atoms with van der Waals surface area (Å²) >= 11 is 0. The number of carbonyl (C=O) groups is 1. The van der Waals surface area contributed by atoms with E-state index in [-0.39, 0.29) is 5.97 Å². The van der Waals surface area contributed by atoms with E-state index in [1.807, 2.05) is 32.9 Å². The quantitative estimate of drug-likeness (QED) is 0.797. The molecule has 6 nitrogen and oxygen atoms in total. The number of aryl methyl sites for hydroxylation is 1. The summed E-state index contributed by atoms with van der Waals surface area (Å²) in [6, 6.07) is 3.81. The molecular weight excluding hydrogens is 328 g/mol. The van der Waals surface area contributed by atoms with Gasteiger partial charge >= 0.3 is 5.97 Å². The number of nitrogens with zero attached hydrogens (tertiary/aromatic N) is 3. The Labute approximate surface area is 154 Å². The Bertz CT molecular complexity index is 771. The van der Waals surface area contributed by atoms with Gasteiger partial charge in [-0.15, -0.1) is 0 Å². The number of ether oxygens (including phenoxy) is 1. The van der Waals surface area contributed by atoms with Gasteiger partial charge in [-0.2, -0.15) is 0 Å². The molecule has 1 saturated carbocycles. The van der Waals surface area contributed by atoms with Gasteiger partial charge in [0.1, 0.15) is 5.82 Å². The molecule has 2 aromatic heterocycles. The zero-order valence-corrected chi connectivity index (χ0v) is 15.7. The fourth-order valence-electron chi connectivity index (χ4n) is 3.47. The van der Waals surface area contributed by atoms with Gasteiger partial charge in [0.15, 0.2) is 5.82 Å². The summed E-state index contributed by atoms with van der Waals surface area (Å²) in [7, 11) is 0. The van der Waals surface area contributed by atoms with Crippen LogP contribution < -0.4 is 5.32 Å². The summed E-state index contributed by atoms with van der Waals surface area (Å²) in [4.78, 5) is 25.9. The third kappa shape index (κ3) is 3.69. The van der Waals surface area contributed by atoms with Crippen molar-refractivity contribution >= 4 is 11.8 Å². The molecule has 138 valence electrons. The molecule has 1 N–H and O–H groups in total. The van der Waals surface area contributed by atoms with Crippen LogP contribution in [0.4, 0.5) is 5.82 Å². The summed E-state index contributed by atoms with van der Waals surface area (Å²) in [5, 5.41) is 3.41. The number of pyridine rings is 1. The number of anilines is 1. The molecular formula is C20H26N4O2. The minimum atomic E-state index is -0.449. The lowest BCUT2D eigenvalue weighted by Crippen LogP contribution is -2.37. The predicted molar refractivity (Wildman–Crippen MR) is 101 cm³/mol. The first kappa shape index (κ1) is 18.3. The third-order valence-electron chi connectivity index (χ3n) is 5.17. The Hall–Kier alpha value is -2.50. The molecule has 26 heavy (non-hydrogen) atoms. The van der Waals surface area contributed by atoms with Gasteiger partial charge in [-0.1, -0.05) is 12.8 Å². The lowest BCUT2D eigenvalue weighted by Gasteiger charge is -2.27. The lowest BCUT2D eigenvalue weighted by atomic mass is 9.86. The van der Waals surface area contributed by atoms with Crippen LogP contribution in [0.5, 0.6) is 0 Å². The van der Waals surface area contributed by atoms with Gasteiger partial charge in [-0.05, 0) is 45.7 Å². The third-order valence-corrected chi connectivity index (χ3v) is 5.17. The van der Waals surface area contributed by atoms with E-state index < -0.39 is 5.41 Å². The summed E-state index contributed by atoms with van der Waals surface area (Å²) in [6.07, 6.45) is 7.32. The minimum Gasteiger partial charge on any atom is -0.466 e. The summed E-state index contributed by atoms with van der Waals surface area (Å²) < 4.78 is 5.34. The summed E-state index contributed by atoms with van der Waals surface area (Å²) in [6.45, 7) is 6.77. The van der Waals surface area contributed by atoms with Crippen molar-refractivity contribution in [3.63, 3.8) is 0 Å². The molecule has 1 aliphatic rings. The summed E-state index contributed by atoms with van der Waals surface area (Å²) in [5.74, 6) is 1.31. The lowest BCUT2D eigenvalue weighted by molar-refractivity contribution is -0.154. The topological polar surface area (TPSA) is 77.0 Å². The Balaban J connectivity index is 1.85. The molecule has 3 rings (SSSR count). The Morgan fingerprint density at radius 2 is 2.04 bits per heavy atom. The van der Waals surface area contributed by atoms with E-state index >= 15 is 0 Å². The van der Waals surface area contributed by atoms with Crippen LogP contribution in [0, 0.1) is 19.3 Å². The number of hydrogen-bond acceptors (Lipinski definition) is 6. The van der Waals surface area contributed by atoms with Crippen molar-refractivity contribution in [1.29, 1.82) is 0 Å². The van der Waals surface area contributed by atoms with Gasteiger partial charge in [0, 0.05) is 35.8 Å². The van der Waals surface area contributed by atoms with Crippen molar-refractivity contribution in [3.8, 4) is 11.4 Å². The fraction of sp³-hybridized carbons (Fsp3) is 0.500. The molecule has 0 aromatic carbocycles. The average molecular weight is 354 g/mol. The first-order chi connectivity index (χ1) is 12.6. The normalized spacial score (nSPS) is 15.7. The number of esters is 1. The second-order valence-electron chi connectivity index (χ2n) is 6.91. The largest absolute Gasteiger partial charge is 0.466 e. The van der Waals surface area contributed by atoms with Crippen LogP contribution in [0.15, 0.2) is 24.5 Å². The van der Waals surface area contributed by atoms with Gasteiger partial charge in [0.25, 0.3) is 0 Å². The second-order valence-corrected chi connectivity index (χ2v) is 6.91. The van der Waals surface area contributed by atoms with Crippen LogP contribution in [-0.4, -0.2) is 34.1 Å². The van der Waals surface area contributed by atoms with Crippen molar-refractivity contribution in [2.24, 2.45) is 5.41 Å². The van der Waals surface area contributed by atoms with Crippen LogP contribution in [0.2, 0.25) is 0 Å². The molecule has 0 radical (unpaired) electrons. The molecule has 1 fully saturated rings. The van der Waals surface area contributed by atoms with Crippen LogP contribution in [0.25, 0.3) is 11.4 Å². The minimum absolute atomic E-state index is 0.0964. The monoisotopic (exact) mass is 354 g/mol. The van der Waals surface area contributed by atoms with E-state index in [0.29, 0.717) is 19.0 Å². The molecule has 0 amide bonds. The van der Waals surface area contributed by atoms with Gasteiger partial charge in [0.2, 0.25) is 0 Å². The highest BCUT2D eigenvalue weighted by Gasteiger charge is 2.42. The molecule has 0 spiro atoms. The van der Waals surface area contributed by atoms with E-state index in [1.165, 1.54) is 0 Å². The predicted octanol–water partition coefficient (Wildman–Crippen LogP) is 3.69. The first-order valence-electron chi connectivity index (χ1n) is 9.22. The second kappa shape index (κ2) is 7.81. The van der Waals surface area contributed by atoms with E-state index in [9.17, 15) is 4.79 Å². The van der Waals surface area contributed by atoms with Gasteiger partial charge in [0.05, 0.1) is 12.0 Å². The zero-order valence-electron chi connectivity index (χ0n) is 15.7. The first-order valence-corrected chi connectivity index (χ1v) is 9.22. The van der Waals surface area contributed by atoms with Crippen molar-refractivity contribution in [1.82, 2.24) is 15.0 Å². The maximum Gasteiger partial charge on any atom is 0.313 e. The van der Waals surface area contributed by atoms with E-state index in [4.69, 9.17) is 4.74 Å². The molecule has 2 aromatic rings. The van der Waals surface area contributed by atoms with E-state index in [1.54, 1.807) is 12.4 Å². The van der Waals surface area contributed by atoms with Crippen LogP contribution in [0.1, 0.15) is 43.9 Å². The highest BCUT2D eigenvalue weighted by Crippen LogP contribution is 2.39. The number of carbonyl (C=O) groups excluding carboxylic acids is 1. The van der Waals surface area contributed by atoms with E-state index in [0.717, 1.165) is 48.3 Å². The Morgan fingerprint density at radius 1 is 1.27 bits per heavy atom. The number of nitrogens with one attached hydrogen (secondary N) is 1. The Morgan fingerprint density at radius 3 is 2.69 bits per heavy atom. The SMILES string of the molecule is CCOC(=O)C1(CNc2nc(-c3cccnc3)nc(C)c2C)CCCC1. The van der Waals surface area contributed by atoms with Crippen molar-refractivity contribution in [3.05, 3.63) is 35.8 Å². The maximum absolute atomic E-state index is 12.5. The molecule has 0 saturated heterocycles. The molecule has 1 aliphatic carbocycles. The van der Waals surface area contributed by atoms with Gasteiger partial charge in [-0.25, -0.2) is 9.97 Å². The highest BCUT2D eigenvalue weighted by molar-refractivity contribution is 5.78. The van der Waals surface area contributed by atoms with Crippen molar-refractivity contribution < 1.29 is 9.53 Å². The summed E-state index contributed by atoms with van der Waals surface area (Å²) in [5.41, 5.74) is 2.34. The maximum atomic E-state index is 12.5. The van der Waals surface area contributed by atoms with Gasteiger partial charge < -0.3 is 10.1 Å². The molecule has 0 unspecified atom stereocenters. The van der Waals surface area contributed by atoms with Crippen molar-refractivity contribution in [2.45, 2.75) is 46.5 Å². The molecule has 0 atom stereocenters. The number of hydrogen-bond donors (Lipinski definition) is 1. The number of aromatic nitrogens is 3. The molecule has 6 heteroatoms. The van der Waals surface area contributed by atoms with Crippen LogP contribution in [-0.2, 0) is 9.53 Å². The molecule has 0 aliphatic heterocycles. The van der Waals surface area contributed by atoms with Crippen LogP contribution >= 0.6 is 0 Å². The Kier molecular flexibility index (Phi) is 5.49. The molecule has 2 heterocycles. The highest BCUT2D eigenvalue weighted by atomic mass is 16.5. The van der Waals surface area contributed by atoms with Gasteiger partial charge in [-0.3, -0.25) is 9.78 Å². The number of rotatable bonds is 6.